The van der Waals surface area contributed by atoms with E-state index in [0.29, 0.717) is 30.6 Å². The number of furan rings is 1. The van der Waals surface area contributed by atoms with E-state index in [4.69, 9.17) is 8.83 Å². The molecule has 2 N–H and O–H groups in total. The zero-order valence-electron chi connectivity index (χ0n) is 16.7. The summed E-state index contributed by atoms with van der Waals surface area (Å²) >= 11 is 0. The lowest BCUT2D eigenvalue weighted by atomic mass is 9.88. The van der Waals surface area contributed by atoms with Crippen LogP contribution >= 0.6 is 0 Å². The first-order valence-electron chi connectivity index (χ1n) is 10.3. The summed E-state index contributed by atoms with van der Waals surface area (Å²) in [6.45, 7) is 3.85. The Labute approximate surface area is 170 Å². The van der Waals surface area contributed by atoms with E-state index in [1.54, 1.807) is 18.4 Å². The van der Waals surface area contributed by atoms with Crippen LogP contribution in [0.2, 0.25) is 0 Å². The highest BCUT2D eigenvalue weighted by Gasteiger charge is 2.24. The van der Waals surface area contributed by atoms with Crippen molar-refractivity contribution in [2.45, 2.75) is 45.2 Å². The number of fused-ring (bicyclic) bond motifs is 1. The quantitative estimate of drug-likeness (QED) is 0.611. The summed E-state index contributed by atoms with van der Waals surface area (Å²) in [4.78, 5) is 13.9. The molecular weight excluding hydrogens is 368 g/mol. The van der Waals surface area contributed by atoms with Crippen molar-refractivity contribution in [2.75, 3.05) is 13.1 Å². The lowest BCUT2D eigenvalue weighted by Crippen LogP contribution is -3.12. The molecular formula is C22H27N4O3+. The lowest BCUT2D eigenvalue weighted by molar-refractivity contribution is -0.907. The Balaban J connectivity index is 1.38. The molecule has 0 radical (unpaired) electrons. The van der Waals surface area contributed by atoms with Gasteiger partial charge in [-0.3, -0.25) is 4.79 Å². The first-order valence-corrected chi connectivity index (χ1v) is 10.3. The Morgan fingerprint density at radius 3 is 2.97 bits per heavy atom. The number of carbonyl (C=O) groups excluding carboxylic acids is 1. The van der Waals surface area contributed by atoms with Gasteiger partial charge < -0.3 is 19.1 Å². The molecule has 1 amide bonds. The number of amides is 1. The van der Waals surface area contributed by atoms with Crippen LogP contribution in [0.15, 0.2) is 51.5 Å². The standard InChI is InChI=1S/C22H26N4O3/c1-2-12-26(15-21-24-25-22(29-21)19-11-6-13-28-19)14-20(27)23-18-10-5-8-16-7-3-4-9-17(16)18/h3-4,6-7,9,11,13,18H,2,5,8,10,12,14-15H2,1H3,(H,23,27)/p+1/t18-/m1/s1. The summed E-state index contributed by atoms with van der Waals surface area (Å²) in [6.07, 6.45) is 5.72. The predicted octanol–water partition coefficient (Wildman–Crippen LogP) is 2.32. The normalized spacial score (nSPS) is 16.9. The highest BCUT2D eigenvalue weighted by molar-refractivity contribution is 5.77. The van der Waals surface area contributed by atoms with Gasteiger partial charge in [-0.15, -0.1) is 10.2 Å². The fourth-order valence-corrected chi connectivity index (χ4v) is 4.01. The zero-order chi connectivity index (χ0) is 20.1. The van der Waals surface area contributed by atoms with Gasteiger partial charge in [-0.05, 0) is 48.9 Å². The molecule has 2 heterocycles. The summed E-state index contributed by atoms with van der Waals surface area (Å²) in [5.74, 6) is 1.48. The molecule has 152 valence electrons. The van der Waals surface area contributed by atoms with Crippen molar-refractivity contribution >= 4 is 5.91 Å². The van der Waals surface area contributed by atoms with Crippen molar-refractivity contribution in [1.29, 1.82) is 0 Å². The van der Waals surface area contributed by atoms with Gasteiger partial charge in [-0.25, -0.2) is 0 Å². The second kappa shape index (κ2) is 9.05. The number of nitrogens with zero attached hydrogens (tertiary/aromatic N) is 2. The second-order valence-electron chi connectivity index (χ2n) is 7.54. The zero-order valence-corrected chi connectivity index (χ0v) is 16.7. The van der Waals surface area contributed by atoms with Crippen molar-refractivity contribution in [2.24, 2.45) is 0 Å². The minimum absolute atomic E-state index is 0.0564. The number of benzene rings is 1. The maximum absolute atomic E-state index is 12.8. The fourth-order valence-electron chi connectivity index (χ4n) is 4.01. The third-order valence-electron chi connectivity index (χ3n) is 5.32. The van der Waals surface area contributed by atoms with E-state index in [1.807, 2.05) is 6.07 Å². The molecule has 2 atom stereocenters. The molecule has 1 aliphatic rings. The number of nitrogens with one attached hydrogen (secondary N) is 2. The molecule has 1 aliphatic carbocycles. The maximum atomic E-state index is 12.8. The third-order valence-corrected chi connectivity index (χ3v) is 5.32. The molecule has 7 heteroatoms. The molecule has 0 saturated carbocycles. The van der Waals surface area contributed by atoms with Gasteiger partial charge in [0.2, 0.25) is 0 Å². The van der Waals surface area contributed by atoms with E-state index < -0.39 is 0 Å². The van der Waals surface area contributed by atoms with Crippen molar-refractivity contribution < 1.29 is 18.5 Å². The van der Waals surface area contributed by atoms with Gasteiger partial charge in [-0.1, -0.05) is 31.2 Å². The molecule has 0 fully saturated rings. The summed E-state index contributed by atoms with van der Waals surface area (Å²) in [5, 5.41) is 11.4. The van der Waals surface area contributed by atoms with E-state index in [-0.39, 0.29) is 11.9 Å². The van der Waals surface area contributed by atoms with Gasteiger partial charge in [0, 0.05) is 0 Å². The Bertz CT molecular complexity index is 935. The van der Waals surface area contributed by atoms with Crippen LogP contribution in [0.4, 0.5) is 0 Å². The summed E-state index contributed by atoms with van der Waals surface area (Å²) < 4.78 is 11.0. The smallest absolute Gasteiger partial charge is 0.283 e. The summed E-state index contributed by atoms with van der Waals surface area (Å²) in [6, 6.07) is 12.1. The SMILES string of the molecule is CCC[NH+](CC(=O)N[C@@H]1CCCc2ccccc21)Cc1nnc(-c2ccco2)o1. The largest absolute Gasteiger partial charge is 0.459 e. The van der Waals surface area contributed by atoms with Crippen LogP contribution in [0.3, 0.4) is 0 Å². The molecule has 0 bridgehead atoms. The van der Waals surface area contributed by atoms with Crippen molar-refractivity contribution in [3.63, 3.8) is 0 Å². The van der Waals surface area contributed by atoms with Gasteiger partial charge in [0.25, 0.3) is 17.7 Å². The molecule has 3 aromatic rings. The molecule has 1 unspecified atom stereocenters. The van der Waals surface area contributed by atoms with Crippen LogP contribution in [0.1, 0.15) is 49.2 Å². The Hall–Kier alpha value is -2.93. The third kappa shape index (κ3) is 4.74. The van der Waals surface area contributed by atoms with Gasteiger partial charge >= 0.3 is 0 Å². The minimum Gasteiger partial charge on any atom is -0.459 e. The van der Waals surface area contributed by atoms with Gasteiger partial charge in [0.1, 0.15) is 0 Å². The number of aryl methyl sites for hydroxylation is 1. The van der Waals surface area contributed by atoms with Crippen molar-refractivity contribution in [1.82, 2.24) is 15.5 Å². The molecule has 0 saturated heterocycles. The summed E-state index contributed by atoms with van der Waals surface area (Å²) in [7, 11) is 0. The maximum Gasteiger partial charge on any atom is 0.283 e. The number of quaternary nitrogens is 1. The Kier molecular flexibility index (Phi) is 6.05. The van der Waals surface area contributed by atoms with Gasteiger partial charge in [-0.2, -0.15) is 0 Å². The number of hydrogen-bond acceptors (Lipinski definition) is 5. The molecule has 2 aromatic heterocycles. The van der Waals surface area contributed by atoms with Crippen LogP contribution in [0, 0.1) is 0 Å². The lowest BCUT2D eigenvalue weighted by Gasteiger charge is -2.27. The fraction of sp³-hybridized carbons (Fsp3) is 0.409. The number of aromatic nitrogens is 2. The number of rotatable bonds is 8. The van der Waals surface area contributed by atoms with E-state index in [0.717, 1.165) is 37.1 Å². The topological polar surface area (TPSA) is 85.6 Å². The van der Waals surface area contributed by atoms with Crippen molar-refractivity contribution in [3.05, 3.63) is 59.7 Å². The van der Waals surface area contributed by atoms with Gasteiger partial charge in [0.15, 0.2) is 18.8 Å². The highest BCUT2D eigenvalue weighted by atomic mass is 16.4. The molecule has 0 aliphatic heterocycles. The van der Waals surface area contributed by atoms with E-state index in [1.165, 1.54) is 11.1 Å². The first-order chi connectivity index (χ1) is 14.2. The number of hydrogen-bond donors (Lipinski definition) is 2. The molecule has 1 aromatic carbocycles. The van der Waals surface area contributed by atoms with E-state index in [2.05, 4.69) is 40.6 Å². The highest BCUT2D eigenvalue weighted by Crippen LogP contribution is 2.29. The van der Waals surface area contributed by atoms with Crippen molar-refractivity contribution in [3.8, 4) is 11.7 Å². The minimum atomic E-state index is 0.0564. The monoisotopic (exact) mass is 395 g/mol. The van der Waals surface area contributed by atoms with Crippen LogP contribution in [0.5, 0.6) is 0 Å². The predicted molar refractivity (Wildman–Crippen MR) is 107 cm³/mol. The average molecular weight is 395 g/mol. The second-order valence-corrected chi connectivity index (χ2v) is 7.54. The molecule has 0 spiro atoms. The van der Waals surface area contributed by atoms with E-state index in [9.17, 15) is 4.79 Å². The van der Waals surface area contributed by atoms with Crippen LogP contribution in [-0.2, 0) is 17.8 Å². The van der Waals surface area contributed by atoms with Crippen LogP contribution < -0.4 is 10.2 Å². The molecule has 29 heavy (non-hydrogen) atoms. The average Bonchev–Trinajstić information content (AvgIpc) is 3.40. The Morgan fingerprint density at radius 1 is 1.24 bits per heavy atom. The Morgan fingerprint density at radius 2 is 2.14 bits per heavy atom. The van der Waals surface area contributed by atoms with Gasteiger partial charge in [0.05, 0.1) is 18.8 Å². The van der Waals surface area contributed by atoms with E-state index >= 15 is 0 Å². The van der Waals surface area contributed by atoms with Crippen LogP contribution in [-0.4, -0.2) is 29.2 Å². The number of carbonyl (C=O) groups is 1. The molecule has 7 nitrogen and oxygen atoms in total. The molecule has 4 rings (SSSR count). The summed E-state index contributed by atoms with van der Waals surface area (Å²) in [5.41, 5.74) is 2.60. The first kappa shape index (κ1) is 19.4. The van der Waals surface area contributed by atoms with Crippen LogP contribution in [0.25, 0.3) is 11.7 Å².